The SMILES string of the molecule is CCC(CC)Oc1cc(C=O)nc(Nc2c(C)cc(C)cc2C)c1CN. The standard InChI is InChI=1S/C21H29N3O2/c1-6-17(7-2)26-19-10-16(12-25)23-21(18(19)11-22)24-20-14(4)8-13(3)9-15(20)5/h8-10,12,17H,6-7,11,22H2,1-5H3,(H,23,24). The summed E-state index contributed by atoms with van der Waals surface area (Å²) in [6, 6.07) is 5.90. The van der Waals surface area contributed by atoms with Gasteiger partial charge in [-0.25, -0.2) is 4.98 Å². The molecule has 3 N–H and O–H groups in total. The summed E-state index contributed by atoms with van der Waals surface area (Å²) in [5.41, 5.74) is 11.5. The van der Waals surface area contributed by atoms with Gasteiger partial charge in [-0.2, -0.15) is 0 Å². The van der Waals surface area contributed by atoms with Gasteiger partial charge in [0, 0.05) is 18.3 Å². The number of nitrogens with zero attached hydrogens (tertiary/aromatic N) is 1. The summed E-state index contributed by atoms with van der Waals surface area (Å²) in [6.07, 6.45) is 2.59. The molecule has 0 aliphatic carbocycles. The average molecular weight is 355 g/mol. The Hall–Kier alpha value is -2.40. The fourth-order valence-electron chi connectivity index (χ4n) is 3.16. The Morgan fingerprint density at radius 2 is 1.77 bits per heavy atom. The van der Waals surface area contributed by atoms with Gasteiger partial charge in [0.25, 0.3) is 0 Å². The summed E-state index contributed by atoms with van der Waals surface area (Å²) in [7, 11) is 0. The number of carbonyl (C=O) groups excluding carboxylic acids is 1. The smallest absolute Gasteiger partial charge is 0.168 e. The largest absolute Gasteiger partial charge is 0.490 e. The van der Waals surface area contributed by atoms with Crippen LogP contribution in [0.25, 0.3) is 0 Å². The number of aldehydes is 1. The molecule has 0 bridgehead atoms. The highest BCUT2D eigenvalue weighted by molar-refractivity contribution is 5.77. The van der Waals surface area contributed by atoms with Crippen molar-refractivity contribution in [2.75, 3.05) is 5.32 Å². The van der Waals surface area contributed by atoms with Crippen LogP contribution in [0.3, 0.4) is 0 Å². The number of nitrogens with two attached hydrogens (primary N) is 1. The molecular formula is C21H29N3O2. The molecule has 0 saturated heterocycles. The molecule has 0 spiro atoms. The lowest BCUT2D eigenvalue weighted by molar-refractivity contribution is 0.111. The Labute approximate surface area is 156 Å². The number of aromatic nitrogens is 1. The molecule has 0 saturated carbocycles. The Bertz CT molecular complexity index is 760. The summed E-state index contributed by atoms with van der Waals surface area (Å²) in [5, 5.41) is 3.38. The molecule has 1 aromatic carbocycles. The Balaban J connectivity index is 2.52. The van der Waals surface area contributed by atoms with Crippen LogP contribution in [-0.2, 0) is 6.54 Å². The van der Waals surface area contributed by atoms with Gasteiger partial charge in [0.2, 0.25) is 0 Å². The minimum Gasteiger partial charge on any atom is -0.490 e. The van der Waals surface area contributed by atoms with E-state index >= 15 is 0 Å². The zero-order valence-electron chi connectivity index (χ0n) is 16.3. The molecule has 0 amide bonds. The van der Waals surface area contributed by atoms with Crippen molar-refractivity contribution in [3.05, 3.63) is 46.1 Å². The van der Waals surface area contributed by atoms with E-state index in [0.717, 1.165) is 41.5 Å². The van der Waals surface area contributed by atoms with Gasteiger partial charge >= 0.3 is 0 Å². The van der Waals surface area contributed by atoms with Crippen molar-refractivity contribution >= 4 is 17.8 Å². The Morgan fingerprint density at radius 1 is 1.15 bits per heavy atom. The molecule has 1 heterocycles. The zero-order valence-corrected chi connectivity index (χ0v) is 16.3. The van der Waals surface area contributed by atoms with E-state index in [4.69, 9.17) is 10.5 Å². The molecule has 0 fully saturated rings. The highest BCUT2D eigenvalue weighted by Crippen LogP contribution is 2.32. The second-order valence-corrected chi connectivity index (χ2v) is 6.65. The number of benzene rings is 1. The number of aryl methyl sites for hydroxylation is 3. The second kappa shape index (κ2) is 8.81. The quantitative estimate of drug-likeness (QED) is 0.677. The fraction of sp³-hybridized carbons (Fsp3) is 0.429. The van der Waals surface area contributed by atoms with Gasteiger partial charge in [0.1, 0.15) is 17.3 Å². The Kier molecular flexibility index (Phi) is 6.75. The number of nitrogens with one attached hydrogen (secondary N) is 1. The van der Waals surface area contributed by atoms with Gasteiger partial charge in [-0.1, -0.05) is 31.5 Å². The summed E-state index contributed by atoms with van der Waals surface area (Å²) >= 11 is 0. The molecule has 0 unspecified atom stereocenters. The zero-order chi connectivity index (χ0) is 19.3. The predicted octanol–water partition coefficient (Wildman–Crippen LogP) is 4.59. The number of hydrogen-bond acceptors (Lipinski definition) is 5. The highest BCUT2D eigenvalue weighted by Gasteiger charge is 2.17. The second-order valence-electron chi connectivity index (χ2n) is 6.65. The molecule has 0 atom stereocenters. The van der Waals surface area contributed by atoms with Crippen LogP contribution in [0.5, 0.6) is 5.75 Å². The molecule has 0 aliphatic heterocycles. The van der Waals surface area contributed by atoms with Gasteiger partial charge < -0.3 is 15.8 Å². The maximum absolute atomic E-state index is 11.4. The van der Waals surface area contributed by atoms with E-state index < -0.39 is 0 Å². The molecule has 140 valence electrons. The summed E-state index contributed by atoms with van der Waals surface area (Å²) in [5.74, 6) is 1.20. The average Bonchev–Trinajstić information content (AvgIpc) is 2.62. The maximum atomic E-state index is 11.4. The van der Waals surface area contributed by atoms with Crippen molar-refractivity contribution in [1.29, 1.82) is 0 Å². The van der Waals surface area contributed by atoms with Crippen molar-refractivity contribution in [3.63, 3.8) is 0 Å². The lowest BCUT2D eigenvalue weighted by Crippen LogP contribution is -2.17. The lowest BCUT2D eigenvalue weighted by Gasteiger charge is -2.21. The monoisotopic (exact) mass is 355 g/mol. The van der Waals surface area contributed by atoms with E-state index in [1.54, 1.807) is 6.07 Å². The maximum Gasteiger partial charge on any atom is 0.168 e. The lowest BCUT2D eigenvalue weighted by atomic mass is 10.0. The molecule has 0 radical (unpaired) electrons. The number of ether oxygens (including phenoxy) is 1. The number of anilines is 2. The van der Waals surface area contributed by atoms with Crippen LogP contribution >= 0.6 is 0 Å². The Morgan fingerprint density at radius 3 is 2.27 bits per heavy atom. The van der Waals surface area contributed by atoms with Crippen molar-refractivity contribution < 1.29 is 9.53 Å². The van der Waals surface area contributed by atoms with Crippen LogP contribution in [0.15, 0.2) is 18.2 Å². The molecule has 5 nitrogen and oxygen atoms in total. The van der Waals surface area contributed by atoms with Crippen LogP contribution in [-0.4, -0.2) is 17.4 Å². The number of pyridine rings is 1. The summed E-state index contributed by atoms with van der Waals surface area (Å²) in [6.45, 7) is 10.6. The summed E-state index contributed by atoms with van der Waals surface area (Å²) in [4.78, 5) is 15.8. The van der Waals surface area contributed by atoms with Crippen molar-refractivity contribution in [1.82, 2.24) is 4.98 Å². The van der Waals surface area contributed by atoms with Gasteiger partial charge in [-0.05, 0) is 44.7 Å². The van der Waals surface area contributed by atoms with E-state index in [-0.39, 0.29) is 12.6 Å². The van der Waals surface area contributed by atoms with E-state index in [1.165, 1.54) is 5.56 Å². The minimum absolute atomic E-state index is 0.0814. The van der Waals surface area contributed by atoms with Crippen LogP contribution in [0.2, 0.25) is 0 Å². The molecule has 1 aromatic heterocycles. The molecule has 2 aromatic rings. The van der Waals surface area contributed by atoms with Gasteiger partial charge in [0.05, 0.1) is 11.7 Å². The summed E-state index contributed by atoms with van der Waals surface area (Å²) < 4.78 is 6.12. The van der Waals surface area contributed by atoms with Crippen molar-refractivity contribution in [2.45, 2.75) is 60.1 Å². The van der Waals surface area contributed by atoms with Crippen molar-refractivity contribution in [2.24, 2.45) is 5.73 Å². The molecule has 5 heteroatoms. The molecule has 0 aliphatic rings. The van der Waals surface area contributed by atoms with Crippen molar-refractivity contribution in [3.8, 4) is 5.75 Å². The number of rotatable bonds is 8. The van der Waals surface area contributed by atoms with Crippen LogP contribution < -0.4 is 15.8 Å². The van der Waals surface area contributed by atoms with Crippen LogP contribution in [0.1, 0.15) is 59.4 Å². The first-order chi connectivity index (χ1) is 12.4. The first-order valence-electron chi connectivity index (χ1n) is 9.14. The fourth-order valence-corrected chi connectivity index (χ4v) is 3.16. The van der Waals surface area contributed by atoms with E-state index in [1.807, 2.05) is 0 Å². The normalized spacial score (nSPS) is 10.9. The number of carbonyl (C=O) groups is 1. The highest BCUT2D eigenvalue weighted by atomic mass is 16.5. The van der Waals surface area contributed by atoms with Crippen LogP contribution in [0.4, 0.5) is 11.5 Å². The minimum atomic E-state index is 0.0814. The molecule has 26 heavy (non-hydrogen) atoms. The molecular weight excluding hydrogens is 326 g/mol. The van der Waals surface area contributed by atoms with Crippen LogP contribution in [0, 0.1) is 20.8 Å². The third kappa shape index (κ3) is 4.41. The van der Waals surface area contributed by atoms with Gasteiger partial charge in [0.15, 0.2) is 6.29 Å². The van der Waals surface area contributed by atoms with Gasteiger partial charge in [-0.15, -0.1) is 0 Å². The molecule has 2 rings (SSSR count). The van der Waals surface area contributed by atoms with E-state index in [9.17, 15) is 4.79 Å². The number of hydrogen-bond donors (Lipinski definition) is 2. The third-order valence-electron chi connectivity index (χ3n) is 4.55. The predicted molar refractivity (Wildman–Crippen MR) is 106 cm³/mol. The topological polar surface area (TPSA) is 77.2 Å². The first-order valence-corrected chi connectivity index (χ1v) is 9.14. The third-order valence-corrected chi connectivity index (χ3v) is 4.55. The first kappa shape index (κ1) is 19.9. The van der Waals surface area contributed by atoms with E-state index in [2.05, 4.69) is 57.1 Å². The van der Waals surface area contributed by atoms with Gasteiger partial charge in [-0.3, -0.25) is 4.79 Å². The van der Waals surface area contributed by atoms with E-state index in [0.29, 0.717) is 17.3 Å².